The molecule has 0 radical (unpaired) electrons. The van der Waals surface area contributed by atoms with Crippen molar-refractivity contribution >= 4 is 12.1 Å². The Morgan fingerprint density at radius 2 is 2.29 bits per heavy atom. The van der Waals surface area contributed by atoms with Crippen molar-refractivity contribution in [2.24, 2.45) is 4.99 Å². The largest absolute Gasteiger partial charge is 0.576 e. The summed E-state index contributed by atoms with van der Waals surface area (Å²) in [5, 5.41) is 1.72. The SMILES string of the molecule is O=C(NC1=NCCCO1)OC(F)(F)F. The van der Waals surface area contributed by atoms with Crippen molar-refractivity contribution in [2.45, 2.75) is 12.8 Å². The summed E-state index contributed by atoms with van der Waals surface area (Å²) in [6.07, 6.45) is -5.99. The molecule has 0 aromatic heterocycles. The van der Waals surface area contributed by atoms with Gasteiger partial charge in [-0.2, -0.15) is 0 Å². The predicted molar refractivity (Wildman–Crippen MR) is 38.5 cm³/mol. The van der Waals surface area contributed by atoms with Gasteiger partial charge in [0.05, 0.1) is 6.61 Å². The monoisotopic (exact) mass is 212 g/mol. The Hall–Kier alpha value is -1.47. The number of carbonyl (C=O) groups is 1. The van der Waals surface area contributed by atoms with Gasteiger partial charge in [0, 0.05) is 13.0 Å². The molecular formula is C6H7F3N2O3. The van der Waals surface area contributed by atoms with Crippen LogP contribution in [0.1, 0.15) is 6.42 Å². The number of ether oxygens (including phenoxy) is 2. The molecule has 0 unspecified atom stereocenters. The van der Waals surface area contributed by atoms with Crippen LogP contribution >= 0.6 is 0 Å². The van der Waals surface area contributed by atoms with Gasteiger partial charge in [0.15, 0.2) is 0 Å². The van der Waals surface area contributed by atoms with E-state index < -0.39 is 12.5 Å². The van der Waals surface area contributed by atoms with Crippen LogP contribution in [0, 0.1) is 0 Å². The second-order valence-electron chi connectivity index (χ2n) is 2.35. The fourth-order valence-corrected chi connectivity index (χ4v) is 0.753. The zero-order valence-corrected chi connectivity index (χ0v) is 6.93. The fraction of sp³-hybridized carbons (Fsp3) is 0.667. The van der Waals surface area contributed by atoms with Gasteiger partial charge in [0.25, 0.3) is 6.02 Å². The molecule has 0 saturated carbocycles. The van der Waals surface area contributed by atoms with Crippen molar-refractivity contribution in [3.05, 3.63) is 0 Å². The molecule has 1 rings (SSSR count). The maximum Gasteiger partial charge on any atom is 0.576 e. The maximum absolute atomic E-state index is 11.5. The molecule has 5 nitrogen and oxygen atoms in total. The van der Waals surface area contributed by atoms with Crippen LogP contribution in [0.15, 0.2) is 4.99 Å². The molecule has 1 N–H and O–H groups in total. The Morgan fingerprint density at radius 1 is 1.57 bits per heavy atom. The van der Waals surface area contributed by atoms with Gasteiger partial charge in [0.2, 0.25) is 0 Å². The van der Waals surface area contributed by atoms with E-state index in [0.29, 0.717) is 19.6 Å². The van der Waals surface area contributed by atoms with Crippen molar-refractivity contribution in [2.75, 3.05) is 13.2 Å². The fourth-order valence-electron chi connectivity index (χ4n) is 0.753. The van der Waals surface area contributed by atoms with Gasteiger partial charge in [-0.1, -0.05) is 0 Å². The molecule has 80 valence electrons. The molecule has 0 bridgehead atoms. The highest BCUT2D eigenvalue weighted by Gasteiger charge is 2.34. The van der Waals surface area contributed by atoms with Crippen molar-refractivity contribution in [3.8, 4) is 0 Å². The molecule has 1 aliphatic rings. The number of nitrogens with zero attached hydrogens (tertiary/aromatic N) is 1. The third kappa shape index (κ3) is 3.97. The Morgan fingerprint density at radius 3 is 2.79 bits per heavy atom. The highest BCUT2D eigenvalue weighted by atomic mass is 19.4. The second kappa shape index (κ2) is 4.16. The summed E-state index contributed by atoms with van der Waals surface area (Å²) in [5.74, 6) is 0. The number of hydrogen-bond acceptors (Lipinski definition) is 4. The minimum Gasteiger partial charge on any atom is -0.465 e. The van der Waals surface area contributed by atoms with Crippen molar-refractivity contribution in [3.63, 3.8) is 0 Å². The summed E-state index contributed by atoms with van der Waals surface area (Å²) in [7, 11) is 0. The number of halogens is 3. The molecule has 0 saturated heterocycles. The topological polar surface area (TPSA) is 59.9 Å². The van der Waals surface area contributed by atoms with Gasteiger partial charge >= 0.3 is 12.5 Å². The number of carbonyl (C=O) groups excluding carboxylic acids is 1. The number of amides is 1. The number of alkyl halides is 3. The third-order valence-electron chi connectivity index (χ3n) is 1.21. The van der Waals surface area contributed by atoms with Crippen LogP contribution in [0.25, 0.3) is 0 Å². The second-order valence-corrected chi connectivity index (χ2v) is 2.35. The summed E-state index contributed by atoms with van der Waals surface area (Å²) in [5.41, 5.74) is 0. The number of amidine groups is 1. The van der Waals surface area contributed by atoms with Crippen LogP contribution in [0.5, 0.6) is 0 Å². The molecule has 0 spiro atoms. The lowest BCUT2D eigenvalue weighted by Crippen LogP contribution is -2.37. The Bertz CT molecular complexity index is 251. The minimum absolute atomic E-state index is 0.245. The number of hydrogen-bond donors (Lipinski definition) is 1. The number of rotatable bonds is 0. The smallest absolute Gasteiger partial charge is 0.465 e. The Labute approximate surface area is 76.9 Å². The van der Waals surface area contributed by atoms with Crippen LogP contribution in [-0.2, 0) is 9.47 Å². The van der Waals surface area contributed by atoms with Gasteiger partial charge in [-0.05, 0) is 0 Å². The zero-order chi connectivity index (χ0) is 10.6. The highest BCUT2D eigenvalue weighted by Crippen LogP contribution is 2.15. The standard InChI is InChI=1S/C6H7F3N2O3/c7-6(8,9)14-5(12)11-4-10-2-1-3-13-4/h1-3H2,(H,10,11,12). The van der Waals surface area contributed by atoms with E-state index in [1.165, 1.54) is 0 Å². The number of aliphatic imine (C=N–C) groups is 1. The first kappa shape index (κ1) is 10.6. The lowest BCUT2D eigenvalue weighted by Gasteiger charge is -2.14. The van der Waals surface area contributed by atoms with Crippen LogP contribution in [0.3, 0.4) is 0 Å². The van der Waals surface area contributed by atoms with Gasteiger partial charge in [-0.15, -0.1) is 13.2 Å². The Kier molecular flexibility index (Phi) is 3.15. The first-order valence-electron chi connectivity index (χ1n) is 3.71. The van der Waals surface area contributed by atoms with Gasteiger partial charge in [0.1, 0.15) is 0 Å². The third-order valence-corrected chi connectivity index (χ3v) is 1.21. The average Bonchev–Trinajstić information content (AvgIpc) is 2.02. The van der Waals surface area contributed by atoms with E-state index in [0.717, 1.165) is 0 Å². The molecule has 0 fully saturated rings. The van der Waals surface area contributed by atoms with E-state index in [4.69, 9.17) is 4.74 Å². The molecule has 8 heteroatoms. The first-order chi connectivity index (χ1) is 6.47. The molecule has 1 heterocycles. The summed E-state index contributed by atoms with van der Waals surface area (Å²) in [6.45, 7) is 0.715. The Balaban J connectivity index is 2.36. The molecule has 0 aliphatic carbocycles. The van der Waals surface area contributed by atoms with E-state index >= 15 is 0 Å². The molecule has 14 heavy (non-hydrogen) atoms. The van der Waals surface area contributed by atoms with Crippen LogP contribution < -0.4 is 5.32 Å². The number of alkyl carbamates (subject to hydrolysis) is 1. The van der Waals surface area contributed by atoms with Crippen LogP contribution in [0.2, 0.25) is 0 Å². The van der Waals surface area contributed by atoms with E-state index in [2.05, 4.69) is 9.73 Å². The van der Waals surface area contributed by atoms with Gasteiger partial charge < -0.3 is 9.47 Å². The molecular weight excluding hydrogens is 205 g/mol. The first-order valence-corrected chi connectivity index (χ1v) is 3.71. The van der Waals surface area contributed by atoms with E-state index in [-0.39, 0.29) is 6.02 Å². The van der Waals surface area contributed by atoms with Crippen LogP contribution in [-0.4, -0.2) is 31.6 Å². The normalized spacial score (nSPS) is 16.6. The predicted octanol–water partition coefficient (Wildman–Crippen LogP) is 1.01. The summed E-state index contributed by atoms with van der Waals surface area (Å²) >= 11 is 0. The minimum atomic E-state index is -5.00. The average molecular weight is 212 g/mol. The van der Waals surface area contributed by atoms with E-state index in [1.54, 1.807) is 5.32 Å². The lowest BCUT2D eigenvalue weighted by molar-refractivity contribution is -0.290. The van der Waals surface area contributed by atoms with Gasteiger partial charge in [-0.3, -0.25) is 0 Å². The molecule has 0 atom stereocenters. The van der Waals surface area contributed by atoms with Crippen molar-refractivity contribution < 1.29 is 27.4 Å². The molecule has 0 aromatic carbocycles. The maximum atomic E-state index is 11.5. The molecule has 1 aliphatic heterocycles. The van der Waals surface area contributed by atoms with E-state index in [1.807, 2.05) is 0 Å². The zero-order valence-electron chi connectivity index (χ0n) is 6.93. The summed E-state index contributed by atoms with van der Waals surface area (Å²) < 4.78 is 42.3. The summed E-state index contributed by atoms with van der Waals surface area (Å²) in [4.78, 5) is 14.1. The van der Waals surface area contributed by atoms with Crippen molar-refractivity contribution in [1.29, 1.82) is 0 Å². The molecule has 0 aromatic rings. The highest BCUT2D eigenvalue weighted by molar-refractivity contribution is 5.90. The lowest BCUT2D eigenvalue weighted by atomic mass is 10.4. The number of nitrogens with one attached hydrogen (secondary N) is 1. The molecule has 1 amide bonds. The van der Waals surface area contributed by atoms with Crippen LogP contribution in [0.4, 0.5) is 18.0 Å². The van der Waals surface area contributed by atoms with Crippen molar-refractivity contribution in [1.82, 2.24) is 5.32 Å². The van der Waals surface area contributed by atoms with E-state index in [9.17, 15) is 18.0 Å². The van der Waals surface area contributed by atoms with Gasteiger partial charge in [-0.25, -0.2) is 15.1 Å². The quantitative estimate of drug-likeness (QED) is 0.651. The summed E-state index contributed by atoms with van der Waals surface area (Å²) in [6, 6.07) is -0.245.